The fraction of sp³-hybridized carbons (Fsp3) is 0.818. The fourth-order valence-corrected chi connectivity index (χ4v) is 3.61. The Labute approximate surface area is 101 Å². The van der Waals surface area contributed by atoms with Crippen LogP contribution >= 0.6 is 11.8 Å². The molecule has 1 aliphatic rings. The second-order valence-corrected chi connectivity index (χ2v) is 6.66. The summed E-state index contributed by atoms with van der Waals surface area (Å²) in [6.45, 7) is 4.65. The summed E-state index contributed by atoms with van der Waals surface area (Å²) in [5.41, 5.74) is 6.60. The van der Waals surface area contributed by atoms with Gasteiger partial charge in [-0.15, -0.1) is 10.2 Å². The zero-order chi connectivity index (χ0) is 11.8. The van der Waals surface area contributed by atoms with Crippen LogP contribution in [0.3, 0.4) is 0 Å². The van der Waals surface area contributed by atoms with E-state index in [0.717, 1.165) is 18.0 Å². The molecule has 4 nitrogen and oxygen atoms in total. The highest BCUT2D eigenvalue weighted by atomic mass is 32.2. The first-order valence-corrected chi connectivity index (χ1v) is 6.62. The van der Waals surface area contributed by atoms with Crippen LogP contribution in [-0.2, 0) is 7.05 Å². The van der Waals surface area contributed by atoms with Crippen LogP contribution in [0.15, 0.2) is 11.5 Å². The second kappa shape index (κ2) is 4.37. The summed E-state index contributed by atoms with van der Waals surface area (Å²) in [4.78, 5) is 0. The maximum Gasteiger partial charge on any atom is 0.191 e. The number of hydrogen-bond acceptors (Lipinski definition) is 4. The Morgan fingerprint density at radius 2 is 2.31 bits per heavy atom. The van der Waals surface area contributed by atoms with Crippen LogP contribution in [-0.4, -0.2) is 26.1 Å². The van der Waals surface area contributed by atoms with Crippen molar-refractivity contribution in [3.63, 3.8) is 0 Å². The maximum atomic E-state index is 6.19. The Hall–Kier alpha value is -0.550. The summed E-state index contributed by atoms with van der Waals surface area (Å²) < 4.78 is 1.96. The summed E-state index contributed by atoms with van der Waals surface area (Å²) in [5, 5.41) is 9.45. The van der Waals surface area contributed by atoms with E-state index in [1.165, 1.54) is 6.42 Å². The molecule has 1 aromatic rings. The van der Waals surface area contributed by atoms with Crippen LogP contribution in [0.25, 0.3) is 0 Å². The number of aryl methyl sites for hydroxylation is 1. The van der Waals surface area contributed by atoms with Crippen LogP contribution < -0.4 is 5.73 Å². The number of thioether (sulfide) groups is 1. The van der Waals surface area contributed by atoms with E-state index in [1.807, 2.05) is 11.6 Å². The highest BCUT2D eigenvalue weighted by Crippen LogP contribution is 2.41. The molecule has 1 fully saturated rings. The first-order chi connectivity index (χ1) is 7.48. The van der Waals surface area contributed by atoms with E-state index in [1.54, 1.807) is 18.1 Å². The molecule has 2 atom stereocenters. The molecule has 2 rings (SSSR count). The van der Waals surface area contributed by atoms with Gasteiger partial charge in [0.05, 0.1) is 0 Å². The van der Waals surface area contributed by atoms with Crippen molar-refractivity contribution >= 4 is 11.8 Å². The van der Waals surface area contributed by atoms with Crippen molar-refractivity contribution in [1.82, 2.24) is 14.8 Å². The molecule has 1 heterocycles. The van der Waals surface area contributed by atoms with Gasteiger partial charge in [-0.3, -0.25) is 0 Å². The van der Waals surface area contributed by atoms with Gasteiger partial charge in [-0.1, -0.05) is 25.6 Å². The minimum atomic E-state index is 0.287. The van der Waals surface area contributed by atoms with Crippen LogP contribution in [0.4, 0.5) is 0 Å². The van der Waals surface area contributed by atoms with Crippen LogP contribution in [0.5, 0.6) is 0 Å². The molecular weight excluding hydrogens is 220 g/mol. The molecule has 0 spiro atoms. The Morgan fingerprint density at radius 1 is 1.56 bits per heavy atom. The molecule has 5 heteroatoms. The molecule has 1 aliphatic carbocycles. The molecule has 2 N–H and O–H groups in total. The van der Waals surface area contributed by atoms with Gasteiger partial charge in [0.25, 0.3) is 0 Å². The smallest absolute Gasteiger partial charge is 0.191 e. The highest BCUT2D eigenvalue weighted by molar-refractivity contribution is 7.99. The van der Waals surface area contributed by atoms with Crippen molar-refractivity contribution < 1.29 is 0 Å². The van der Waals surface area contributed by atoms with Gasteiger partial charge >= 0.3 is 0 Å². The van der Waals surface area contributed by atoms with E-state index in [2.05, 4.69) is 24.0 Å². The average molecular weight is 240 g/mol. The predicted octanol–water partition coefficient (Wildman–Crippen LogP) is 1.81. The third-order valence-corrected chi connectivity index (χ3v) is 4.71. The largest absolute Gasteiger partial charge is 0.327 e. The standard InChI is InChI=1S/C11H20N4S/c1-11(2)5-4-8(12)9(6-11)16-10-14-13-7-15(10)3/h7-9H,4-6,12H2,1-3H3. The number of nitrogens with two attached hydrogens (primary N) is 1. The first kappa shape index (κ1) is 11.9. The van der Waals surface area contributed by atoms with Gasteiger partial charge in [-0.25, -0.2) is 0 Å². The number of aromatic nitrogens is 3. The topological polar surface area (TPSA) is 56.7 Å². The van der Waals surface area contributed by atoms with Crippen molar-refractivity contribution in [3.05, 3.63) is 6.33 Å². The molecule has 1 aromatic heterocycles. The summed E-state index contributed by atoms with van der Waals surface area (Å²) >= 11 is 1.77. The lowest BCUT2D eigenvalue weighted by atomic mass is 9.75. The Morgan fingerprint density at radius 3 is 2.94 bits per heavy atom. The molecule has 0 aromatic carbocycles. The molecular formula is C11H20N4S. The van der Waals surface area contributed by atoms with Gasteiger partial charge in [-0.2, -0.15) is 0 Å². The summed E-state index contributed by atoms with van der Waals surface area (Å²) in [6.07, 6.45) is 5.24. The SMILES string of the molecule is Cn1cnnc1SC1CC(C)(C)CCC1N. The summed E-state index contributed by atoms with van der Waals surface area (Å²) in [5.74, 6) is 0. The molecule has 0 amide bonds. The van der Waals surface area contributed by atoms with E-state index in [0.29, 0.717) is 10.7 Å². The van der Waals surface area contributed by atoms with Crippen LogP contribution in [0.2, 0.25) is 0 Å². The van der Waals surface area contributed by atoms with Crippen molar-refractivity contribution in [3.8, 4) is 0 Å². The summed E-state index contributed by atoms with van der Waals surface area (Å²) in [6, 6.07) is 0.287. The van der Waals surface area contributed by atoms with Gasteiger partial charge in [0.15, 0.2) is 5.16 Å². The number of nitrogens with zero attached hydrogens (tertiary/aromatic N) is 3. The van der Waals surface area contributed by atoms with Gasteiger partial charge in [0, 0.05) is 18.3 Å². The molecule has 0 saturated heterocycles. The number of hydrogen-bond donors (Lipinski definition) is 1. The minimum Gasteiger partial charge on any atom is -0.327 e. The zero-order valence-corrected chi connectivity index (χ0v) is 11.0. The first-order valence-electron chi connectivity index (χ1n) is 5.74. The molecule has 90 valence electrons. The van der Waals surface area contributed by atoms with E-state index in [9.17, 15) is 0 Å². The van der Waals surface area contributed by atoms with Gasteiger partial charge in [0.2, 0.25) is 0 Å². The maximum absolute atomic E-state index is 6.19. The van der Waals surface area contributed by atoms with Crippen molar-refractivity contribution in [2.75, 3.05) is 0 Å². The van der Waals surface area contributed by atoms with E-state index in [-0.39, 0.29) is 6.04 Å². The molecule has 0 aliphatic heterocycles. The van der Waals surface area contributed by atoms with Gasteiger partial charge in [0.1, 0.15) is 6.33 Å². The van der Waals surface area contributed by atoms with Gasteiger partial charge < -0.3 is 10.3 Å². The fourth-order valence-electron chi connectivity index (χ4n) is 2.19. The summed E-state index contributed by atoms with van der Waals surface area (Å²) in [7, 11) is 1.97. The van der Waals surface area contributed by atoms with Gasteiger partial charge in [-0.05, 0) is 24.7 Å². The lowest BCUT2D eigenvalue weighted by Gasteiger charge is -2.38. The monoisotopic (exact) mass is 240 g/mol. The zero-order valence-electron chi connectivity index (χ0n) is 10.2. The van der Waals surface area contributed by atoms with E-state index < -0.39 is 0 Å². The molecule has 16 heavy (non-hydrogen) atoms. The normalized spacial score (nSPS) is 29.2. The van der Waals surface area contributed by atoms with Crippen molar-refractivity contribution in [2.24, 2.45) is 18.2 Å². The minimum absolute atomic E-state index is 0.287. The van der Waals surface area contributed by atoms with Crippen LogP contribution in [0.1, 0.15) is 33.1 Å². The third-order valence-electron chi connectivity index (χ3n) is 3.31. The number of rotatable bonds is 2. The molecule has 0 bridgehead atoms. The Bertz CT molecular complexity index is 361. The highest BCUT2D eigenvalue weighted by Gasteiger charge is 2.34. The molecule has 2 unspecified atom stereocenters. The van der Waals surface area contributed by atoms with E-state index in [4.69, 9.17) is 5.73 Å². The third kappa shape index (κ3) is 2.58. The predicted molar refractivity (Wildman–Crippen MR) is 66.3 cm³/mol. The lowest BCUT2D eigenvalue weighted by Crippen LogP contribution is -2.41. The average Bonchev–Trinajstić information content (AvgIpc) is 2.58. The molecule has 1 saturated carbocycles. The lowest BCUT2D eigenvalue weighted by molar-refractivity contribution is 0.232. The van der Waals surface area contributed by atoms with Crippen LogP contribution in [0, 0.1) is 5.41 Å². The Kier molecular flexibility index (Phi) is 3.26. The molecule has 0 radical (unpaired) electrons. The van der Waals surface area contributed by atoms with Crippen molar-refractivity contribution in [1.29, 1.82) is 0 Å². The quantitative estimate of drug-likeness (QED) is 0.856. The second-order valence-electron chi connectivity index (χ2n) is 5.45. The van der Waals surface area contributed by atoms with E-state index >= 15 is 0 Å². The Balaban J connectivity index is 2.06. The van der Waals surface area contributed by atoms with Crippen molar-refractivity contribution in [2.45, 2.75) is 49.6 Å².